The van der Waals surface area contributed by atoms with E-state index in [9.17, 15) is 4.79 Å². The third-order valence-corrected chi connectivity index (χ3v) is 5.57. The molecule has 114 valence electrons. The quantitative estimate of drug-likeness (QED) is 0.838. The lowest BCUT2D eigenvalue weighted by Crippen LogP contribution is -2.52. The van der Waals surface area contributed by atoms with Crippen LogP contribution in [0.15, 0.2) is 0 Å². The number of rotatable bonds is 5. The number of amides is 1. The summed E-state index contributed by atoms with van der Waals surface area (Å²) in [7, 11) is 0. The molecule has 1 unspecified atom stereocenters. The first-order valence-electron chi connectivity index (χ1n) is 8.81. The molecule has 1 aliphatic heterocycles. The van der Waals surface area contributed by atoms with Crippen molar-refractivity contribution in [1.29, 1.82) is 0 Å². The van der Waals surface area contributed by atoms with Crippen molar-refractivity contribution in [3.05, 3.63) is 0 Å². The van der Waals surface area contributed by atoms with E-state index in [0.29, 0.717) is 11.9 Å². The average molecular weight is 278 g/mol. The van der Waals surface area contributed by atoms with Gasteiger partial charge in [0.2, 0.25) is 5.91 Å². The Morgan fingerprint density at radius 1 is 1.05 bits per heavy atom. The maximum Gasteiger partial charge on any atom is 0.239 e. The summed E-state index contributed by atoms with van der Waals surface area (Å²) in [5, 5.41) is 3.53. The topological polar surface area (TPSA) is 32.3 Å². The van der Waals surface area contributed by atoms with Gasteiger partial charge in [-0.25, -0.2) is 0 Å². The summed E-state index contributed by atoms with van der Waals surface area (Å²) in [5.41, 5.74) is 0. The van der Waals surface area contributed by atoms with Crippen LogP contribution in [0.3, 0.4) is 0 Å². The van der Waals surface area contributed by atoms with E-state index in [1.54, 1.807) is 0 Å². The van der Waals surface area contributed by atoms with Crippen LogP contribution in [0.4, 0.5) is 0 Å². The Kier molecular flexibility index (Phi) is 4.65. The molecule has 0 radical (unpaired) electrons. The highest BCUT2D eigenvalue weighted by molar-refractivity contribution is 5.82. The van der Waals surface area contributed by atoms with Crippen molar-refractivity contribution in [2.75, 3.05) is 13.1 Å². The number of likely N-dealkylation sites (tertiary alicyclic amines) is 1. The third kappa shape index (κ3) is 3.55. The minimum absolute atomic E-state index is 0.128. The molecule has 3 aliphatic rings. The van der Waals surface area contributed by atoms with Crippen LogP contribution in [0.2, 0.25) is 0 Å². The van der Waals surface area contributed by atoms with Gasteiger partial charge in [-0.1, -0.05) is 26.2 Å². The van der Waals surface area contributed by atoms with Crippen LogP contribution in [0, 0.1) is 11.8 Å². The molecule has 0 spiro atoms. The number of nitrogens with zero attached hydrogens (tertiary/aromatic N) is 1. The number of hydrogen-bond acceptors (Lipinski definition) is 2. The maximum atomic E-state index is 12.5. The molecule has 1 saturated heterocycles. The molecule has 3 rings (SSSR count). The Morgan fingerprint density at radius 2 is 1.75 bits per heavy atom. The van der Waals surface area contributed by atoms with Gasteiger partial charge in [0.25, 0.3) is 0 Å². The normalized spacial score (nSPS) is 35.4. The van der Waals surface area contributed by atoms with Crippen LogP contribution in [0.25, 0.3) is 0 Å². The first-order chi connectivity index (χ1) is 9.76. The number of nitrogens with one attached hydrogen (secondary N) is 1. The van der Waals surface area contributed by atoms with E-state index in [-0.39, 0.29) is 6.04 Å². The van der Waals surface area contributed by atoms with E-state index in [1.807, 2.05) is 0 Å². The molecule has 20 heavy (non-hydrogen) atoms. The highest BCUT2D eigenvalue weighted by Crippen LogP contribution is 2.32. The first-order valence-corrected chi connectivity index (χ1v) is 8.81. The Bertz CT molecular complexity index is 332. The van der Waals surface area contributed by atoms with Crippen molar-refractivity contribution >= 4 is 5.91 Å². The van der Waals surface area contributed by atoms with E-state index in [4.69, 9.17) is 0 Å². The van der Waals surface area contributed by atoms with Crippen molar-refractivity contribution < 1.29 is 4.79 Å². The Balaban J connectivity index is 1.47. The van der Waals surface area contributed by atoms with E-state index in [0.717, 1.165) is 31.3 Å². The highest BCUT2D eigenvalue weighted by Gasteiger charge is 2.34. The number of hydrogen-bond donors (Lipinski definition) is 1. The maximum absolute atomic E-state index is 12.5. The Hall–Kier alpha value is -0.570. The van der Waals surface area contributed by atoms with Crippen LogP contribution in [0.5, 0.6) is 0 Å². The lowest BCUT2D eigenvalue weighted by molar-refractivity contribution is -0.136. The minimum atomic E-state index is 0.128. The predicted molar refractivity (Wildman–Crippen MR) is 81.5 cm³/mol. The summed E-state index contributed by atoms with van der Waals surface area (Å²) in [6.45, 7) is 4.33. The van der Waals surface area contributed by atoms with Gasteiger partial charge in [-0.05, 0) is 50.4 Å². The van der Waals surface area contributed by atoms with Crippen LogP contribution in [-0.4, -0.2) is 36.0 Å². The number of carbonyl (C=O) groups is 1. The van der Waals surface area contributed by atoms with Crippen LogP contribution >= 0.6 is 0 Å². The van der Waals surface area contributed by atoms with E-state index in [1.165, 1.54) is 51.4 Å². The van der Waals surface area contributed by atoms with Gasteiger partial charge in [-0.3, -0.25) is 4.79 Å². The fourth-order valence-electron chi connectivity index (χ4n) is 3.94. The molecule has 0 aromatic heterocycles. The molecule has 3 nitrogen and oxygen atoms in total. The van der Waals surface area contributed by atoms with Gasteiger partial charge in [0, 0.05) is 19.1 Å². The van der Waals surface area contributed by atoms with E-state index < -0.39 is 0 Å². The lowest BCUT2D eigenvalue weighted by Gasteiger charge is -2.37. The third-order valence-electron chi connectivity index (χ3n) is 5.57. The SMILES string of the molecule is CCC1CCC(CN2CCCC(NC3CC3)C2=O)CC1. The van der Waals surface area contributed by atoms with Gasteiger partial charge < -0.3 is 10.2 Å². The second kappa shape index (κ2) is 6.46. The van der Waals surface area contributed by atoms with Gasteiger partial charge >= 0.3 is 0 Å². The summed E-state index contributed by atoms with van der Waals surface area (Å²) >= 11 is 0. The van der Waals surface area contributed by atoms with Gasteiger partial charge in [0.05, 0.1) is 6.04 Å². The monoisotopic (exact) mass is 278 g/mol. The highest BCUT2D eigenvalue weighted by atomic mass is 16.2. The molecule has 1 heterocycles. The zero-order valence-electron chi connectivity index (χ0n) is 12.9. The molecule has 2 saturated carbocycles. The number of piperidine rings is 1. The summed E-state index contributed by atoms with van der Waals surface area (Å²) in [5.74, 6) is 2.11. The van der Waals surface area contributed by atoms with E-state index >= 15 is 0 Å². The van der Waals surface area contributed by atoms with Crippen molar-refractivity contribution in [2.45, 2.75) is 76.8 Å². The Labute approximate surface area is 123 Å². The summed E-state index contributed by atoms with van der Waals surface area (Å²) in [6, 6.07) is 0.770. The summed E-state index contributed by atoms with van der Waals surface area (Å²) < 4.78 is 0. The first kappa shape index (κ1) is 14.4. The second-order valence-corrected chi connectivity index (χ2v) is 7.22. The molecular weight excluding hydrogens is 248 g/mol. The van der Waals surface area contributed by atoms with Crippen LogP contribution in [-0.2, 0) is 4.79 Å². The van der Waals surface area contributed by atoms with Crippen molar-refractivity contribution in [3.8, 4) is 0 Å². The summed E-state index contributed by atoms with van der Waals surface area (Å²) in [6.07, 6.45) is 11.5. The Morgan fingerprint density at radius 3 is 2.40 bits per heavy atom. The predicted octanol–water partition coefficient (Wildman–Crippen LogP) is 2.95. The number of carbonyl (C=O) groups excluding carboxylic acids is 1. The second-order valence-electron chi connectivity index (χ2n) is 7.22. The molecule has 3 heteroatoms. The molecule has 1 amide bonds. The molecule has 2 aliphatic carbocycles. The zero-order valence-corrected chi connectivity index (χ0v) is 12.9. The van der Waals surface area contributed by atoms with E-state index in [2.05, 4.69) is 17.1 Å². The van der Waals surface area contributed by atoms with Crippen molar-refractivity contribution in [3.63, 3.8) is 0 Å². The fourth-order valence-corrected chi connectivity index (χ4v) is 3.94. The van der Waals surface area contributed by atoms with Crippen molar-refractivity contribution in [1.82, 2.24) is 10.2 Å². The molecule has 1 atom stereocenters. The van der Waals surface area contributed by atoms with Gasteiger partial charge in [-0.15, -0.1) is 0 Å². The lowest BCUT2D eigenvalue weighted by atomic mass is 9.80. The fraction of sp³-hybridized carbons (Fsp3) is 0.941. The largest absolute Gasteiger partial charge is 0.341 e. The molecule has 0 aromatic rings. The summed E-state index contributed by atoms with van der Waals surface area (Å²) in [4.78, 5) is 14.7. The molecule has 0 aromatic carbocycles. The molecule has 1 N–H and O–H groups in total. The van der Waals surface area contributed by atoms with Crippen LogP contribution in [0.1, 0.15) is 64.7 Å². The standard InChI is InChI=1S/C17H30N2O/c1-2-13-5-7-14(8-6-13)12-19-11-3-4-16(17(19)20)18-15-9-10-15/h13-16,18H,2-12H2,1H3. The molecular formula is C17H30N2O. The minimum Gasteiger partial charge on any atom is -0.341 e. The van der Waals surface area contributed by atoms with Gasteiger partial charge in [0.1, 0.15) is 0 Å². The zero-order chi connectivity index (χ0) is 13.9. The molecule has 0 bridgehead atoms. The smallest absolute Gasteiger partial charge is 0.239 e. The van der Waals surface area contributed by atoms with Crippen molar-refractivity contribution in [2.24, 2.45) is 11.8 Å². The molecule has 3 fully saturated rings. The average Bonchev–Trinajstić information content (AvgIpc) is 3.28. The van der Waals surface area contributed by atoms with Gasteiger partial charge in [-0.2, -0.15) is 0 Å². The van der Waals surface area contributed by atoms with Gasteiger partial charge in [0.15, 0.2) is 0 Å². The van der Waals surface area contributed by atoms with Crippen LogP contribution < -0.4 is 5.32 Å².